The summed E-state index contributed by atoms with van der Waals surface area (Å²) in [5.41, 5.74) is 0.440. The van der Waals surface area contributed by atoms with Crippen molar-refractivity contribution >= 4 is 11.6 Å². The Kier molecular flexibility index (Phi) is 3.08. The van der Waals surface area contributed by atoms with Gasteiger partial charge in [0, 0.05) is 0 Å². The van der Waals surface area contributed by atoms with Crippen molar-refractivity contribution in [2.24, 2.45) is 0 Å². The molecule has 0 bridgehead atoms. The minimum absolute atomic E-state index is 0.140. The lowest BCUT2D eigenvalue weighted by Gasteiger charge is -2.06. The van der Waals surface area contributed by atoms with E-state index < -0.39 is 11.6 Å². The third-order valence-electron chi connectivity index (χ3n) is 2.34. The summed E-state index contributed by atoms with van der Waals surface area (Å²) in [4.78, 5) is 0. The highest BCUT2D eigenvalue weighted by molar-refractivity contribution is 6.32. The molecule has 2 rings (SSSR count). The van der Waals surface area contributed by atoms with E-state index in [1.54, 1.807) is 0 Å². The summed E-state index contributed by atoms with van der Waals surface area (Å²) >= 11 is 5.82. The maximum absolute atomic E-state index is 13.5. The van der Waals surface area contributed by atoms with Crippen LogP contribution in [0.25, 0.3) is 11.1 Å². The molecule has 0 unspecified atom stereocenters. The number of halogens is 3. The third kappa shape index (κ3) is 2.13. The van der Waals surface area contributed by atoms with Gasteiger partial charge < -0.3 is 0 Å². The summed E-state index contributed by atoms with van der Waals surface area (Å²) in [6.45, 7) is 0. The minimum Gasteiger partial charge on any atom is -0.206 e. The van der Waals surface area contributed by atoms with E-state index in [-0.39, 0.29) is 16.1 Å². The van der Waals surface area contributed by atoms with Crippen LogP contribution in [0.4, 0.5) is 8.78 Å². The highest BCUT2D eigenvalue weighted by Crippen LogP contribution is 2.29. The molecule has 4 heteroatoms. The molecule has 0 fully saturated rings. The van der Waals surface area contributed by atoms with Crippen LogP contribution in [0.1, 0.15) is 5.56 Å². The number of hydrogen-bond donors (Lipinski definition) is 0. The van der Waals surface area contributed by atoms with Crippen LogP contribution in [-0.4, -0.2) is 0 Å². The fraction of sp³-hybridized carbons (Fsp3) is 0. The molecule has 0 aliphatic heterocycles. The van der Waals surface area contributed by atoms with Gasteiger partial charge in [-0.25, -0.2) is 8.78 Å². The Bertz CT molecular complexity index is 597. The number of benzene rings is 2. The lowest BCUT2D eigenvalue weighted by Crippen LogP contribution is -1.90. The van der Waals surface area contributed by atoms with Gasteiger partial charge >= 0.3 is 0 Å². The average Bonchev–Trinajstić information content (AvgIpc) is 2.29. The van der Waals surface area contributed by atoms with Crippen LogP contribution in [-0.2, 0) is 0 Å². The van der Waals surface area contributed by atoms with Crippen LogP contribution >= 0.6 is 11.6 Å². The molecule has 0 spiro atoms. The molecule has 17 heavy (non-hydrogen) atoms. The number of nitrogens with zero attached hydrogens (tertiary/aromatic N) is 1. The largest absolute Gasteiger partial charge is 0.206 e. The normalized spacial score (nSPS) is 10.0. The van der Waals surface area contributed by atoms with Crippen molar-refractivity contribution in [1.82, 2.24) is 0 Å². The summed E-state index contributed by atoms with van der Waals surface area (Å²) < 4.78 is 27.0. The molecule has 0 aliphatic rings. The van der Waals surface area contributed by atoms with Gasteiger partial charge in [-0.2, -0.15) is 5.26 Å². The monoisotopic (exact) mass is 249 g/mol. The Labute approximate surface area is 102 Å². The summed E-state index contributed by atoms with van der Waals surface area (Å²) in [6, 6.07) is 9.79. The van der Waals surface area contributed by atoms with Crippen LogP contribution in [0.2, 0.25) is 5.02 Å². The minimum atomic E-state index is -0.661. The SMILES string of the molecule is N#Cc1ccc(-c2c(F)cccc2F)cc1Cl. The predicted octanol–water partition coefficient (Wildman–Crippen LogP) is 4.16. The van der Waals surface area contributed by atoms with Crippen molar-refractivity contribution in [2.45, 2.75) is 0 Å². The zero-order valence-corrected chi connectivity index (χ0v) is 9.30. The number of nitriles is 1. The molecule has 0 N–H and O–H groups in total. The van der Waals surface area contributed by atoms with Gasteiger partial charge in [0.25, 0.3) is 0 Å². The van der Waals surface area contributed by atoms with Crippen molar-refractivity contribution in [3.8, 4) is 17.2 Å². The van der Waals surface area contributed by atoms with E-state index in [4.69, 9.17) is 16.9 Å². The van der Waals surface area contributed by atoms with Gasteiger partial charge in [-0.1, -0.05) is 23.7 Å². The van der Waals surface area contributed by atoms with E-state index in [0.29, 0.717) is 5.56 Å². The average molecular weight is 250 g/mol. The molecule has 0 atom stereocenters. The molecule has 2 aromatic carbocycles. The maximum atomic E-state index is 13.5. The molecule has 0 heterocycles. The Morgan fingerprint density at radius 1 is 1.06 bits per heavy atom. The smallest absolute Gasteiger partial charge is 0.133 e. The van der Waals surface area contributed by atoms with Crippen LogP contribution < -0.4 is 0 Å². The number of rotatable bonds is 1. The van der Waals surface area contributed by atoms with Gasteiger partial charge in [-0.15, -0.1) is 0 Å². The first-order valence-corrected chi connectivity index (χ1v) is 5.15. The van der Waals surface area contributed by atoms with Crippen molar-refractivity contribution in [3.05, 3.63) is 58.6 Å². The molecule has 0 aromatic heterocycles. The lowest BCUT2D eigenvalue weighted by atomic mass is 10.0. The van der Waals surface area contributed by atoms with Gasteiger partial charge in [-0.05, 0) is 29.8 Å². The van der Waals surface area contributed by atoms with Gasteiger partial charge in [0.15, 0.2) is 0 Å². The lowest BCUT2D eigenvalue weighted by molar-refractivity contribution is 0.589. The zero-order chi connectivity index (χ0) is 12.4. The van der Waals surface area contributed by atoms with Crippen molar-refractivity contribution in [3.63, 3.8) is 0 Å². The van der Waals surface area contributed by atoms with E-state index in [2.05, 4.69) is 0 Å². The van der Waals surface area contributed by atoms with E-state index in [1.807, 2.05) is 6.07 Å². The summed E-state index contributed by atoms with van der Waals surface area (Å²) in [6.07, 6.45) is 0. The van der Waals surface area contributed by atoms with Gasteiger partial charge in [0.2, 0.25) is 0 Å². The van der Waals surface area contributed by atoms with Gasteiger partial charge in [-0.3, -0.25) is 0 Å². The fourth-order valence-corrected chi connectivity index (χ4v) is 1.76. The Hall–Kier alpha value is -1.92. The Balaban J connectivity index is 2.63. The quantitative estimate of drug-likeness (QED) is 0.745. The molecule has 0 amide bonds. The van der Waals surface area contributed by atoms with Gasteiger partial charge in [0.1, 0.15) is 17.7 Å². The first-order chi connectivity index (χ1) is 8.13. The highest BCUT2D eigenvalue weighted by Gasteiger charge is 2.12. The van der Waals surface area contributed by atoms with E-state index >= 15 is 0 Å². The van der Waals surface area contributed by atoms with Crippen LogP contribution in [0.15, 0.2) is 36.4 Å². The van der Waals surface area contributed by atoms with Crippen LogP contribution in [0, 0.1) is 23.0 Å². The molecule has 0 saturated heterocycles. The van der Waals surface area contributed by atoms with Crippen molar-refractivity contribution in [1.29, 1.82) is 5.26 Å². The van der Waals surface area contributed by atoms with Crippen molar-refractivity contribution < 1.29 is 8.78 Å². The molecule has 84 valence electrons. The zero-order valence-electron chi connectivity index (χ0n) is 8.55. The second-order valence-electron chi connectivity index (χ2n) is 3.40. The third-order valence-corrected chi connectivity index (χ3v) is 2.65. The van der Waals surface area contributed by atoms with Crippen LogP contribution in [0.3, 0.4) is 0 Å². The van der Waals surface area contributed by atoms with E-state index in [1.165, 1.54) is 36.4 Å². The number of hydrogen-bond acceptors (Lipinski definition) is 1. The fourth-order valence-electron chi connectivity index (χ4n) is 1.53. The molecule has 2 aromatic rings. The molecule has 0 radical (unpaired) electrons. The first-order valence-electron chi connectivity index (χ1n) is 4.77. The first kappa shape index (κ1) is 11.6. The molecular formula is C13H6ClF2N. The molecule has 0 aliphatic carbocycles. The molecule has 1 nitrogen and oxygen atoms in total. The predicted molar refractivity (Wildman–Crippen MR) is 61.5 cm³/mol. The second-order valence-corrected chi connectivity index (χ2v) is 3.81. The van der Waals surface area contributed by atoms with E-state index in [9.17, 15) is 8.78 Å². The summed E-state index contributed by atoms with van der Waals surface area (Å²) in [5.74, 6) is -1.32. The Morgan fingerprint density at radius 2 is 1.71 bits per heavy atom. The maximum Gasteiger partial charge on any atom is 0.133 e. The summed E-state index contributed by atoms with van der Waals surface area (Å²) in [7, 11) is 0. The Morgan fingerprint density at radius 3 is 2.24 bits per heavy atom. The topological polar surface area (TPSA) is 23.8 Å². The molecule has 0 saturated carbocycles. The van der Waals surface area contributed by atoms with Crippen molar-refractivity contribution in [2.75, 3.05) is 0 Å². The van der Waals surface area contributed by atoms with Crippen LogP contribution in [0.5, 0.6) is 0 Å². The standard InChI is InChI=1S/C13H6ClF2N/c14-10-6-8(4-5-9(10)7-17)13-11(15)2-1-3-12(13)16/h1-6H. The summed E-state index contributed by atoms with van der Waals surface area (Å²) in [5, 5.41) is 8.88. The molecular weight excluding hydrogens is 244 g/mol. The second kappa shape index (κ2) is 4.52. The van der Waals surface area contributed by atoms with E-state index in [0.717, 1.165) is 0 Å². The van der Waals surface area contributed by atoms with Gasteiger partial charge in [0.05, 0.1) is 16.1 Å². The highest BCUT2D eigenvalue weighted by atomic mass is 35.5.